The molecular weight excluding hydrogens is 242 g/mol. The van der Waals surface area contributed by atoms with Crippen LogP contribution in [0.2, 0.25) is 0 Å². The standard InChI is InChI=1S/C14H25N3O2/c1-11(2)19-9-5-7-15-14(18)6-8-17-13(4)10-12(3)16-17/h10-11H,5-9H2,1-4H3,(H,15,18). The molecule has 1 N–H and O–H groups in total. The summed E-state index contributed by atoms with van der Waals surface area (Å²) in [5.74, 6) is 0.0668. The fourth-order valence-electron chi connectivity index (χ4n) is 1.82. The van der Waals surface area contributed by atoms with Gasteiger partial charge in [-0.15, -0.1) is 0 Å². The Morgan fingerprint density at radius 3 is 2.79 bits per heavy atom. The molecule has 0 aliphatic rings. The van der Waals surface area contributed by atoms with Gasteiger partial charge in [-0.1, -0.05) is 0 Å². The van der Waals surface area contributed by atoms with E-state index >= 15 is 0 Å². The number of nitrogens with zero attached hydrogens (tertiary/aromatic N) is 2. The molecule has 1 aromatic rings. The minimum absolute atomic E-state index is 0.0668. The predicted octanol–water partition coefficient (Wildman–Crippen LogP) is 1.82. The Balaban J connectivity index is 2.13. The maximum atomic E-state index is 11.6. The number of carbonyl (C=O) groups excluding carboxylic acids is 1. The third kappa shape index (κ3) is 6.38. The van der Waals surface area contributed by atoms with Crippen LogP contribution in [0.4, 0.5) is 0 Å². The Morgan fingerprint density at radius 1 is 1.47 bits per heavy atom. The van der Waals surface area contributed by atoms with Crippen molar-refractivity contribution in [2.75, 3.05) is 13.2 Å². The number of aryl methyl sites for hydroxylation is 3. The van der Waals surface area contributed by atoms with Crippen molar-refractivity contribution in [2.24, 2.45) is 0 Å². The molecule has 108 valence electrons. The molecule has 1 rings (SSSR count). The van der Waals surface area contributed by atoms with Crippen LogP contribution in [0.1, 0.15) is 38.1 Å². The lowest BCUT2D eigenvalue weighted by Gasteiger charge is -2.08. The smallest absolute Gasteiger partial charge is 0.221 e. The number of amides is 1. The molecule has 1 amide bonds. The van der Waals surface area contributed by atoms with E-state index in [1.54, 1.807) is 0 Å². The van der Waals surface area contributed by atoms with Gasteiger partial charge in [-0.2, -0.15) is 5.10 Å². The third-order valence-corrected chi connectivity index (χ3v) is 2.75. The summed E-state index contributed by atoms with van der Waals surface area (Å²) < 4.78 is 7.28. The van der Waals surface area contributed by atoms with Crippen molar-refractivity contribution in [3.63, 3.8) is 0 Å². The normalized spacial score (nSPS) is 11.0. The van der Waals surface area contributed by atoms with E-state index in [0.717, 1.165) is 17.8 Å². The maximum Gasteiger partial charge on any atom is 0.221 e. The monoisotopic (exact) mass is 267 g/mol. The zero-order valence-corrected chi connectivity index (χ0v) is 12.4. The topological polar surface area (TPSA) is 56.2 Å². The van der Waals surface area contributed by atoms with Crippen LogP contribution in [-0.4, -0.2) is 34.9 Å². The molecule has 0 atom stereocenters. The van der Waals surface area contributed by atoms with Gasteiger partial charge in [0.1, 0.15) is 0 Å². The highest BCUT2D eigenvalue weighted by Crippen LogP contribution is 2.02. The van der Waals surface area contributed by atoms with Crippen molar-refractivity contribution in [3.8, 4) is 0 Å². The number of rotatable bonds is 8. The summed E-state index contributed by atoms with van der Waals surface area (Å²) in [7, 11) is 0. The minimum atomic E-state index is 0.0668. The zero-order valence-electron chi connectivity index (χ0n) is 12.4. The van der Waals surface area contributed by atoms with Gasteiger partial charge >= 0.3 is 0 Å². The number of hydrogen-bond acceptors (Lipinski definition) is 3. The predicted molar refractivity (Wildman–Crippen MR) is 75.0 cm³/mol. The van der Waals surface area contributed by atoms with Crippen molar-refractivity contribution in [1.82, 2.24) is 15.1 Å². The van der Waals surface area contributed by atoms with E-state index in [1.807, 2.05) is 38.4 Å². The van der Waals surface area contributed by atoms with Gasteiger partial charge in [0.2, 0.25) is 5.91 Å². The van der Waals surface area contributed by atoms with E-state index in [2.05, 4.69) is 10.4 Å². The van der Waals surface area contributed by atoms with Crippen LogP contribution in [0.3, 0.4) is 0 Å². The van der Waals surface area contributed by atoms with Crippen LogP contribution in [0.25, 0.3) is 0 Å². The first-order chi connectivity index (χ1) is 8.99. The maximum absolute atomic E-state index is 11.6. The second-order valence-corrected chi connectivity index (χ2v) is 5.02. The van der Waals surface area contributed by atoms with Gasteiger partial charge in [0.05, 0.1) is 11.8 Å². The second kappa shape index (κ2) is 7.94. The molecule has 0 saturated carbocycles. The van der Waals surface area contributed by atoms with Gasteiger partial charge < -0.3 is 10.1 Å². The highest BCUT2D eigenvalue weighted by Gasteiger charge is 2.04. The summed E-state index contributed by atoms with van der Waals surface area (Å²) >= 11 is 0. The first-order valence-electron chi connectivity index (χ1n) is 6.88. The average Bonchev–Trinajstić information content (AvgIpc) is 2.64. The molecule has 1 aromatic heterocycles. The lowest BCUT2D eigenvalue weighted by atomic mass is 10.3. The second-order valence-electron chi connectivity index (χ2n) is 5.02. The number of nitrogens with one attached hydrogen (secondary N) is 1. The lowest BCUT2D eigenvalue weighted by molar-refractivity contribution is -0.121. The van der Waals surface area contributed by atoms with Crippen molar-refractivity contribution in [1.29, 1.82) is 0 Å². The molecule has 0 spiro atoms. The molecule has 19 heavy (non-hydrogen) atoms. The Bertz CT molecular complexity index is 399. The number of aromatic nitrogens is 2. The average molecular weight is 267 g/mol. The van der Waals surface area contributed by atoms with Crippen LogP contribution >= 0.6 is 0 Å². The third-order valence-electron chi connectivity index (χ3n) is 2.75. The zero-order chi connectivity index (χ0) is 14.3. The van der Waals surface area contributed by atoms with Crippen molar-refractivity contribution in [2.45, 2.75) is 53.2 Å². The fraction of sp³-hybridized carbons (Fsp3) is 0.714. The van der Waals surface area contributed by atoms with Gasteiger partial charge in [0.25, 0.3) is 0 Å². The van der Waals surface area contributed by atoms with E-state index in [9.17, 15) is 4.79 Å². The largest absolute Gasteiger partial charge is 0.379 e. The molecule has 5 nitrogen and oxygen atoms in total. The van der Waals surface area contributed by atoms with Gasteiger partial charge in [-0.25, -0.2) is 0 Å². The van der Waals surface area contributed by atoms with Crippen molar-refractivity contribution in [3.05, 3.63) is 17.5 Å². The molecule has 0 unspecified atom stereocenters. The summed E-state index contributed by atoms with van der Waals surface area (Å²) in [4.78, 5) is 11.6. The quantitative estimate of drug-likeness (QED) is 0.731. The molecule has 0 saturated heterocycles. The fourth-order valence-corrected chi connectivity index (χ4v) is 1.82. The van der Waals surface area contributed by atoms with Gasteiger partial charge in [-0.3, -0.25) is 9.48 Å². The Kier molecular flexibility index (Phi) is 6.56. The van der Waals surface area contributed by atoms with E-state index in [4.69, 9.17) is 4.74 Å². The van der Waals surface area contributed by atoms with Crippen LogP contribution < -0.4 is 5.32 Å². The summed E-state index contributed by atoms with van der Waals surface area (Å²) in [6, 6.07) is 2.02. The van der Waals surface area contributed by atoms with Gasteiger partial charge in [-0.05, 0) is 40.2 Å². The summed E-state index contributed by atoms with van der Waals surface area (Å²) in [5.41, 5.74) is 2.08. The highest BCUT2D eigenvalue weighted by molar-refractivity contribution is 5.75. The van der Waals surface area contributed by atoms with Crippen LogP contribution in [-0.2, 0) is 16.1 Å². The van der Waals surface area contributed by atoms with E-state index < -0.39 is 0 Å². The Labute approximate surface area is 115 Å². The van der Waals surface area contributed by atoms with E-state index in [1.165, 1.54) is 0 Å². The SMILES string of the molecule is Cc1cc(C)n(CCC(=O)NCCCOC(C)C)n1. The van der Waals surface area contributed by atoms with Gasteiger partial charge in [0.15, 0.2) is 0 Å². The molecule has 1 heterocycles. The Morgan fingerprint density at radius 2 is 2.21 bits per heavy atom. The molecule has 5 heteroatoms. The molecule has 0 aromatic carbocycles. The van der Waals surface area contributed by atoms with Crippen molar-refractivity contribution >= 4 is 5.91 Å². The molecule has 0 aliphatic carbocycles. The van der Waals surface area contributed by atoms with E-state index in [-0.39, 0.29) is 12.0 Å². The summed E-state index contributed by atoms with van der Waals surface area (Å²) in [6.07, 6.45) is 1.57. The molecule has 0 fully saturated rings. The highest BCUT2D eigenvalue weighted by atomic mass is 16.5. The molecule has 0 radical (unpaired) electrons. The first kappa shape index (κ1) is 15.7. The summed E-state index contributed by atoms with van der Waals surface area (Å²) in [5, 5.41) is 7.22. The van der Waals surface area contributed by atoms with Crippen LogP contribution in [0.5, 0.6) is 0 Å². The number of hydrogen-bond donors (Lipinski definition) is 1. The number of ether oxygens (including phenoxy) is 1. The molecule has 0 aliphatic heterocycles. The van der Waals surface area contributed by atoms with Crippen LogP contribution in [0.15, 0.2) is 6.07 Å². The Hall–Kier alpha value is -1.36. The van der Waals surface area contributed by atoms with Crippen LogP contribution in [0, 0.1) is 13.8 Å². The van der Waals surface area contributed by atoms with Gasteiger partial charge in [0, 0.05) is 31.8 Å². The lowest BCUT2D eigenvalue weighted by Crippen LogP contribution is -2.26. The van der Waals surface area contributed by atoms with E-state index in [0.29, 0.717) is 26.1 Å². The summed E-state index contributed by atoms with van der Waals surface area (Å²) in [6.45, 7) is 9.96. The minimum Gasteiger partial charge on any atom is -0.379 e. The molecule has 0 bridgehead atoms. The number of carbonyl (C=O) groups is 1. The molecular formula is C14H25N3O2. The van der Waals surface area contributed by atoms with Crippen molar-refractivity contribution < 1.29 is 9.53 Å². The first-order valence-corrected chi connectivity index (χ1v) is 6.88.